The third-order valence-electron chi connectivity index (χ3n) is 2.25. The Morgan fingerprint density at radius 1 is 1.56 bits per heavy atom. The van der Waals surface area contributed by atoms with Gasteiger partial charge in [0.2, 0.25) is 5.91 Å². The molecule has 1 atom stereocenters. The number of rotatable bonds is 3. The summed E-state index contributed by atoms with van der Waals surface area (Å²) in [5.74, 6) is 0.0993. The molecule has 0 spiro atoms. The lowest BCUT2D eigenvalue weighted by atomic mass is 10.1. The lowest BCUT2D eigenvalue weighted by Gasteiger charge is -2.20. The van der Waals surface area contributed by atoms with Gasteiger partial charge in [-0.25, -0.2) is 4.79 Å². The van der Waals surface area contributed by atoms with E-state index < -0.39 is 11.7 Å². The number of hydrogen-bond acceptors (Lipinski definition) is 3. The Balaban J connectivity index is 2.11. The Labute approximate surface area is 95.9 Å². The summed E-state index contributed by atoms with van der Waals surface area (Å²) < 4.78 is 5.09. The van der Waals surface area contributed by atoms with Gasteiger partial charge >= 0.3 is 6.09 Å². The van der Waals surface area contributed by atoms with Gasteiger partial charge in [0.25, 0.3) is 0 Å². The Morgan fingerprint density at radius 3 is 2.75 bits per heavy atom. The van der Waals surface area contributed by atoms with E-state index >= 15 is 0 Å². The van der Waals surface area contributed by atoms with Crippen LogP contribution in [0.25, 0.3) is 0 Å². The van der Waals surface area contributed by atoms with E-state index in [9.17, 15) is 9.59 Å². The van der Waals surface area contributed by atoms with Crippen LogP contribution in [0.1, 0.15) is 40.0 Å². The molecule has 1 aliphatic rings. The number of nitrogens with one attached hydrogen (secondary N) is 2. The van der Waals surface area contributed by atoms with E-state index in [1.807, 2.05) is 20.8 Å². The number of carbonyl (C=O) groups is 2. The van der Waals surface area contributed by atoms with Gasteiger partial charge in [0.15, 0.2) is 0 Å². The molecule has 2 N–H and O–H groups in total. The molecular weight excluding hydrogens is 208 g/mol. The molecule has 0 saturated carbocycles. The average molecular weight is 228 g/mol. The Kier molecular flexibility index (Phi) is 4.15. The monoisotopic (exact) mass is 228 g/mol. The molecule has 1 unspecified atom stereocenters. The summed E-state index contributed by atoms with van der Waals surface area (Å²) in [7, 11) is 0. The largest absolute Gasteiger partial charge is 0.444 e. The zero-order chi connectivity index (χ0) is 12.2. The SMILES string of the molecule is CC(C)(C)OC(=O)NCCC1CCC(=O)N1. The van der Waals surface area contributed by atoms with Crippen LogP contribution in [0.4, 0.5) is 4.79 Å². The maximum Gasteiger partial charge on any atom is 0.407 e. The molecule has 0 aromatic carbocycles. The van der Waals surface area contributed by atoms with Gasteiger partial charge in [-0.2, -0.15) is 0 Å². The van der Waals surface area contributed by atoms with Crippen molar-refractivity contribution in [1.82, 2.24) is 10.6 Å². The van der Waals surface area contributed by atoms with Crippen LogP contribution in [0.5, 0.6) is 0 Å². The van der Waals surface area contributed by atoms with Crippen LogP contribution in [0.15, 0.2) is 0 Å². The predicted molar refractivity (Wildman–Crippen MR) is 60.0 cm³/mol. The Bertz CT molecular complexity index is 271. The summed E-state index contributed by atoms with van der Waals surface area (Å²) >= 11 is 0. The van der Waals surface area contributed by atoms with Crippen LogP contribution >= 0.6 is 0 Å². The van der Waals surface area contributed by atoms with Crippen LogP contribution in [0.2, 0.25) is 0 Å². The first-order valence-electron chi connectivity index (χ1n) is 5.63. The number of alkyl carbamates (subject to hydrolysis) is 1. The number of carbonyl (C=O) groups excluding carboxylic acids is 2. The van der Waals surface area contributed by atoms with Crippen molar-refractivity contribution in [1.29, 1.82) is 0 Å². The fraction of sp³-hybridized carbons (Fsp3) is 0.818. The van der Waals surface area contributed by atoms with Crippen LogP contribution in [-0.2, 0) is 9.53 Å². The van der Waals surface area contributed by atoms with Gasteiger partial charge < -0.3 is 15.4 Å². The zero-order valence-electron chi connectivity index (χ0n) is 10.1. The highest BCUT2D eigenvalue weighted by Crippen LogP contribution is 2.09. The highest BCUT2D eigenvalue weighted by atomic mass is 16.6. The second-order valence-corrected chi connectivity index (χ2v) is 5.02. The van der Waals surface area contributed by atoms with Crippen molar-refractivity contribution >= 4 is 12.0 Å². The topological polar surface area (TPSA) is 67.4 Å². The van der Waals surface area contributed by atoms with Gasteiger partial charge in [-0.3, -0.25) is 4.79 Å². The maximum absolute atomic E-state index is 11.3. The van der Waals surface area contributed by atoms with E-state index in [0.717, 1.165) is 12.8 Å². The summed E-state index contributed by atoms with van der Waals surface area (Å²) in [6.07, 6.45) is 1.80. The van der Waals surface area contributed by atoms with Crippen molar-refractivity contribution in [2.24, 2.45) is 0 Å². The van der Waals surface area contributed by atoms with Crippen LogP contribution in [-0.4, -0.2) is 30.2 Å². The second kappa shape index (κ2) is 5.18. The number of hydrogen-bond donors (Lipinski definition) is 2. The molecule has 1 saturated heterocycles. The number of ether oxygens (including phenoxy) is 1. The normalized spacial score (nSPS) is 20.4. The second-order valence-electron chi connectivity index (χ2n) is 5.02. The van der Waals surface area contributed by atoms with Crippen molar-refractivity contribution in [3.8, 4) is 0 Å². The summed E-state index contributed by atoms with van der Waals surface area (Å²) in [6.45, 7) is 6.00. The van der Waals surface area contributed by atoms with Gasteiger partial charge in [-0.1, -0.05) is 0 Å². The van der Waals surface area contributed by atoms with Crippen LogP contribution in [0, 0.1) is 0 Å². The molecule has 1 heterocycles. The lowest BCUT2D eigenvalue weighted by Crippen LogP contribution is -2.35. The maximum atomic E-state index is 11.3. The molecular formula is C11H20N2O3. The molecule has 5 heteroatoms. The van der Waals surface area contributed by atoms with Crippen LogP contribution in [0.3, 0.4) is 0 Å². The Hall–Kier alpha value is -1.26. The molecule has 1 fully saturated rings. The minimum atomic E-state index is -0.467. The third kappa shape index (κ3) is 5.00. The summed E-state index contributed by atoms with van der Waals surface area (Å²) in [5, 5.41) is 5.51. The lowest BCUT2D eigenvalue weighted by molar-refractivity contribution is -0.119. The first kappa shape index (κ1) is 12.8. The van der Waals surface area contributed by atoms with E-state index in [1.165, 1.54) is 0 Å². The first-order chi connectivity index (χ1) is 7.37. The third-order valence-corrected chi connectivity index (χ3v) is 2.25. The molecule has 2 amide bonds. The van der Waals surface area contributed by atoms with Gasteiger partial charge in [0, 0.05) is 19.0 Å². The standard InChI is InChI=1S/C11H20N2O3/c1-11(2,3)16-10(15)12-7-6-8-4-5-9(14)13-8/h8H,4-7H2,1-3H3,(H,12,15)(H,13,14). The molecule has 92 valence electrons. The fourth-order valence-corrected chi connectivity index (χ4v) is 1.56. The molecule has 1 aliphatic heterocycles. The van der Waals surface area contributed by atoms with Gasteiger partial charge in [0.1, 0.15) is 5.60 Å². The molecule has 0 aromatic heterocycles. The minimum Gasteiger partial charge on any atom is -0.444 e. The molecule has 16 heavy (non-hydrogen) atoms. The van der Waals surface area contributed by atoms with Crippen molar-refractivity contribution in [3.05, 3.63) is 0 Å². The summed E-state index contributed by atoms with van der Waals surface area (Å²) in [4.78, 5) is 22.2. The van der Waals surface area contributed by atoms with Crippen molar-refractivity contribution < 1.29 is 14.3 Å². The molecule has 0 radical (unpaired) electrons. The molecule has 5 nitrogen and oxygen atoms in total. The molecule has 0 bridgehead atoms. The smallest absolute Gasteiger partial charge is 0.407 e. The van der Waals surface area contributed by atoms with E-state index in [-0.39, 0.29) is 11.9 Å². The fourth-order valence-electron chi connectivity index (χ4n) is 1.56. The van der Waals surface area contributed by atoms with Crippen molar-refractivity contribution in [2.75, 3.05) is 6.54 Å². The van der Waals surface area contributed by atoms with Crippen molar-refractivity contribution in [2.45, 2.75) is 51.7 Å². The molecule has 1 rings (SSSR count). The predicted octanol–water partition coefficient (Wildman–Crippen LogP) is 1.18. The van der Waals surface area contributed by atoms with E-state index in [0.29, 0.717) is 13.0 Å². The quantitative estimate of drug-likeness (QED) is 0.762. The van der Waals surface area contributed by atoms with Gasteiger partial charge in [-0.15, -0.1) is 0 Å². The van der Waals surface area contributed by atoms with Crippen molar-refractivity contribution in [3.63, 3.8) is 0 Å². The Morgan fingerprint density at radius 2 is 2.25 bits per heavy atom. The van der Waals surface area contributed by atoms with E-state index in [1.54, 1.807) is 0 Å². The van der Waals surface area contributed by atoms with Gasteiger partial charge in [-0.05, 0) is 33.6 Å². The zero-order valence-corrected chi connectivity index (χ0v) is 10.1. The van der Waals surface area contributed by atoms with E-state index in [4.69, 9.17) is 4.74 Å². The van der Waals surface area contributed by atoms with Gasteiger partial charge in [0.05, 0.1) is 0 Å². The van der Waals surface area contributed by atoms with E-state index in [2.05, 4.69) is 10.6 Å². The highest BCUT2D eigenvalue weighted by Gasteiger charge is 2.21. The average Bonchev–Trinajstić information content (AvgIpc) is 2.48. The number of amides is 2. The minimum absolute atomic E-state index is 0.0993. The summed E-state index contributed by atoms with van der Waals surface area (Å²) in [6, 6.07) is 0.197. The first-order valence-corrected chi connectivity index (χ1v) is 5.63. The summed E-state index contributed by atoms with van der Waals surface area (Å²) in [5.41, 5.74) is -0.467. The van der Waals surface area contributed by atoms with Crippen LogP contribution < -0.4 is 10.6 Å². The molecule has 0 aliphatic carbocycles. The highest BCUT2D eigenvalue weighted by molar-refractivity contribution is 5.78. The molecule has 0 aromatic rings.